The molecule has 1 heterocycles. The predicted octanol–water partition coefficient (Wildman–Crippen LogP) is 1.63. The van der Waals surface area contributed by atoms with Crippen molar-refractivity contribution in [3.05, 3.63) is 29.8 Å². The van der Waals surface area contributed by atoms with E-state index in [4.69, 9.17) is 15.2 Å². The minimum absolute atomic E-state index is 0.0265. The first-order valence-corrected chi connectivity index (χ1v) is 6.82. The summed E-state index contributed by atoms with van der Waals surface area (Å²) in [6.45, 7) is 3.07. The van der Waals surface area contributed by atoms with Crippen molar-refractivity contribution in [1.82, 2.24) is 4.90 Å². The predicted molar refractivity (Wildman–Crippen MR) is 76.3 cm³/mol. The standard InChI is InChI=1S/C15H24N2O2/c1-17(15(11-16)7-4-8-19-12-15)10-13-5-3-6-14(9-13)18-2/h3,5-6,9H,4,7-8,10-12,16H2,1-2H3. The van der Waals surface area contributed by atoms with Crippen LogP contribution in [-0.2, 0) is 11.3 Å². The summed E-state index contributed by atoms with van der Waals surface area (Å²) < 4.78 is 10.9. The Bertz CT molecular complexity index is 403. The van der Waals surface area contributed by atoms with Crippen LogP contribution in [0.4, 0.5) is 0 Å². The van der Waals surface area contributed by atoms with E-state index >= 15 is 0 Å². The summed E-state index contributed by atoms with van der Waals surface area (Å²) in [5, 5.41) is 0. The molecule has 0 aromatic heterocycles. The minimum atomic E-state index is -0.0265. The fraction of sp³-hybridized carbons (Fsp3) is 0.600. The number of benzene rings is 1. The summed E-state index contributed by atoms with van der Waals surface area (Å²) in [6, 6.07) is 8.18. The Hall–Kier alpha value is -1.10. The van der Waals surface area contributed by atoms with Gasteiger partial charge in [0.2, 0.25) is 0 Å². The largest absolute Gasteiger partial charge is 0.497 e. The third kappa shape index (κ3) is 3.26. The van der Waals surface area contributed by atoms with Crippen molar-refractivity contribution in [2.24, 2.45) is 5.73 Å². The van der Waals surface area contributed by atoms with Gasteiger partial charge in [0, 0.05) is 19.7 Å². The first-order valence-electron chi connectivity index (χ1n) is 6.82. The first kappa shape index (κ1) is 14.3. The number of hydrogen-bond acceptors (Lipinski definition) is 4. The minimum Gasteiger partial charge on any atom is -0.497 e. The highest BCUT2D eigenvalue weighted by Crippen LogP contribution is 2.26. The van der Waals surface area contributed by atoms with Gasteiger partial charge in [0.15, 0.2) is 0 Å². The van der Waals surface area contributed by atoms with Crippen LogP contribution in [0.25, 0.3) is 0 Å². The number of hydrogen-bond donors (Lipinski definition) is 1. The van der Waals surface area contributed by atoms with Crippen molar-refractivity contribution in [3.63, 3.8) is 0 Å². The average Bonchev–Trinajstić information content (AvgIpc) is 2.48. The number of rotatable bonds is 5. The van der Waals surface area contributed by atoms with Crippen LogP contribution in [0.5, 0.6) is 5.75 Å². The molecule has 1 fully saturated rings. The van der Waals surface area contributed by atoms with E-state index in [9.17, 15) is 0 Å². The van der Waals surface area contributed by atoms with Gasteiger partial charge in [-0.25, -0.2) is 0 Å². The van der Waals surface area contributed by atoms with Crippen molar-refractivity contribution in [1.29, 1.82) is 0 Å². The van der Waals surface area contributed by atoms with Crippen LogP contribution < -0.4 is 10.5 Å². The molecule has 1 aromatic carbocycles. The number of likely N-dealkylation sites (N-methyl/N-ethyl adjacent to an activating group) is 1. The van der Waals surface area contributed by atoms with Gasteiger partial charge in [-0.2, -0.15) is 0 Å². The van der Waals surface area contributed by atoms with Crippen LogP contribution in [0.15, 0.2) is 24.3 Å². The molecule has 4 heteroatoms. The monoisotopic (exact) mass is 264 g/mol. The zero-order valence-electron chi connectivity index (χ0n) is 11.9. The molecule has 0 spiro atoms. The lowest BCUT2D eigenvalue weighted by Crippen LogP contribution is -2.56. The van der Waals surface area contributed by atoms with Crippen LogP contribution in [0.2, 0.25) is 0 Å². The fourth-order valence-corrected chi connectivity index (χ4v) is 2.67. The molecule has 0 radical (unpaired) electrons. The molecule has 1 atom stereocenters. The Morgan fingerprint density at radius 3 is 2.95 bits per heavy atom. The number of ether oxygens (including phenoxy) is 2. The van der Waals surface area contributed by atoms with Gasteiger partial charge in [-0.3, -0.25) is 4.90 Å². The second kappa shape index (κ2) is 6.37. The third-order valence-corrected chi connectivity index (χ3v) is 4.05. The topological polar surface area (TPSA) is 47.7 Å². The molecule has 19 heavy (non-hydrogen) atoms. The molecule has 1 aromatic rings. The van der Waals surface area contributed by atoms with E-state index in [1.54, 1.807) is 7.11 Å². The van der Waals surface area contributed by atoms with E-state index in [1.165, 1.54) is 5.56 Å². The molecule has 1 aliphatic rings. The van der Waals surface area contributed by atoms with Gasteiger partial charge in [0.1, 0.15) is 5.75 Å². The maximum atomic E-state index is 6.00. The molecule has 2 N–H and O–H groups in total. The molecule has 0 saturated carbocycles. The third-order valence-electron chi connectivity index (χ3n) is 4.05. The van der Waals surface area contributed by atoms with Crippen LogP contribution in [-0.4, -0.2) is 44.4 Å². The van der Waals surface area contributed by atoms with Crippen molar-refractivity contribution in [2.75, 3.05) is 33.9 Å². The summed E-state index contributed by atoms with van der Waals surface area (Å²) in [5.41, 5.74) is 7.21. The molecule has 4 nitrogen and oxygen atoms in total. The SMILES string of the molecule is COc1cccc(CN(C)C2(CN)CCCOC2)c1. The van der Waals surface area contributed by atoms with Gasteiger partial charge in [-0.1, -0.05) is 12.1 Å². The molecule has 106 valence electrons. The molecule has 1 saturated heterocycles. The summed E-state index contributed by atoms with van der Waals surface area (Å²) in [6.07, 6.45) is 2.18. The van der Waals surface area contributed by atoms with E-state index in [1.807, 2.05) is 12.1 Å². The molecular weight excluding hydrogens is 240 g/mol. The van der Waals surface area contributed by atoms with E-state index in [0.717, 1.165) is 38.3 Å². The van der Waals surface area contributed by atoms with Crippen LogP contribution in [0, 0.1) is 0 Å². The summed E-state index contributed by atoms with van der Waals surface area (Å²) in [4.78, 5) is 2.32. The van der Waals surface area contributed by atoms with E-state index in [2.05, 4.69) is 24.1 Å². The maximum Gasteiger partial charge on any atom is 0.119 e. The van der Waals surface area contributed by atoms with Crippen molar-refractivity contribution >= 4 is 0 Å². The number of nitrogens with two attached hydrogens (primary N) is 1. The lowest BCUT2D eigenvalue weighted by molar-refractivity contribution is -0.0375. The highest BCUT2D eigenvalue weighted by Gasteiger charge is 2.35. The Kier molecular flexibility index (Phi) is 4.80. The normalized spacial score (nSPS) is 23.6. The Labute approximate surface area is 115 Å². The quantitative estimate of drug-likeness (QED) is 0.878. The highest BCUT2D eigenvalue weighted by molar-refractivity contribution is 5.28. The summed E-state index contributed by atoms with van der Waals surface area (Å²) in [5.74, 6) is 0.896. The highest BCUT2D eigenvalue weighted by atomic mass is 16.5. The van der Waals surface area contributed by atoms with E-state index < -0.39 is 0 Å². The van der Waals surface area contributed by atoms with Crippen molar-refractivity contribution in [2.45, 2.75) is 24.9 Å². The van der Waals surface area contributed by atoms with Crippen LogP contribution >= 0.6 is 0 Å². The number of nitrogens with zero attached hydrogens (tertiary/aromatic N) is 1. The van der Waals surface area contributed by atoms with Gasteiger partial charge in [0.25, 0.3) is 0 Å². The molecular formula is C15H24N2O2. The zero-order valence-corrected chi connectivity index (χ0v) is 11.9. The molecule has 1 aliphatic heterocycles. The molecule has 1 unspecified atom stereocenters. The van der Waals surface area contributed by atoms with Gasteiger partial charge in [-0.15, -0.1) is 0 Å². The number of methoxy groups -OCH3 is 1. The molecule has 0 amide bonds. The summed E-state index contributed by atoms with van der Waals surface area (Å²) in [7, 11) is 3.82. The smallest absolute Gasteiger partial charge is 0.119 e. The van der Waals surface area contributed by atoms with E-state index in [0.29, 0.717) is 6.54 Å². The molecule has 2 rings (SSSR count). The van der Waals surface area contributed by atoms with Gasteiger partial charge in [-0.05, 0) is 37.6 Å². The Morgan fingerprint density at radius 2 is 2.32 bits per heavy atom. The zero-order chi connectivity index (χ0) is 13.7. The Balaban J connectivity index is 2.07. The fourth-order valence-electron chi connectivity index (χ4n) is 2.67. The lowest BCUT2D eigenvalue weighted by atomic mass is 9.90. The van der Waals surface area contributed by atoms with Crippen LogP contribution in [0.1, 0.15) is 18.4 Å². The van der Waals surface area contributed by atoms with Crippen molar-refractivity contribution < 1.29 is 9.47 Å². The maximum absolute atomic E-state index is 6.00. The van der Waals surface area contributed by atoms with E-state index in [-0.39, 0.29) is 5.54 Å². The van der Waals surface area contributed by atoms with Crippen molar-refractivity contribution in [3.8, 4) is 5.75 Å². The van der Waals surface area contributed by atoms with Crippen LogP contribution in [0.3, 0.4) is 0 Å². The van der Waals surface area contributed by atoms with Gasteiger partial charge in [0.05, 0.1) is 19.3 Å². The second-order valence-electron chi connectivity index (χ2n) is 5.29. The van der Waals surface area contributed by atoms with Gasteiger partial charge < -0.3 is 15.2 Å². The lowest BCUT2D eigenvalue weighted by Gasteiger charge is -2.43. The second-order valence-corrected chi connectivity index (χ2v) is 5.29. The average molecular weight is 264 g/mol. The van der Waals surface area contributed by atoms with Gasteiger partial charge >= 0.3 is 0 Å². The summed E-state index contributed by atoms with van der Waals surface area (Å²) >= 11 is 0. The molecule has 0 bridgehead atoms. The first-order chi connectivity index (χ1) is 9.20. The Morgan fingerprint density at radius 1 is 1.47 bits per heavy atom. The molecule has 0 aliphatic carbocycles.